The van der Waals surface area contributed by atoms with Crippen LogP contribution in [0, 0.1) is 13.8 Å². The van der Waals surface area contributed by atoms with Crippen LogP contribution in [0.1, 0.15) is 28.4 Å². The van der Waals surface area contributed by atoms with E-state index in [2.05, 4.69) is 5.32 Å². The van der Waals surface area contributed by atoms with Crippen LogP contribution in [0.4, 0.5) is 0 Å². The quantitative estimate of drug-likeness (QED) is 0.762. The van der Waals surface area contributed by atoms with Crippen molar-refractivity contribution in [1.29, 1.82) is 0 Å². The standard InChI is InChI=1S/C15H21NO6S/c1-9-5-12(6-10(2)14(9)22-7-13(17)18)15(19)16-11(3)8-23(4,20)21/h5-6,11H,7-8H2,1-4H3,(H,16,19)(H,17,18). The highest BCUT2D eigenvalue weighted by molar-refractivity contribution is 7.90. The van der Waals surface area contributed by atoms with E-state index in [1.807, 2.05) is 0 Å². The smallest absolute Gasteiger partial charge is 0.341 e. The highest BCUT2D eigenvalue weighted by Gasteiger charge is 2.16. The fourth-order valence-electron chi connectivity index (χ4n) is 2.25. The molecule has 0 spiro atoms. The predicted octanol–water partition coefficient (Wildman–Crippen LogP) is 0.930. The van der Waals surface area contributed by atoms with Crippen LogP contribution in [-0.2, 0) is 14.6 Å². The molecule has 0 saturated heterocycles. The SMILES string of the molecule is Cc1cc(C(=O)NC(C)CS(C)(=O)=O)cc(C)c1OCC(=O)O. The number of ether oxygens (including phenoxy) is 1. The summed E-state index contributed by atoms with van der Waals surface area (Å²) in [6.45, 7) is 4.57. The summed E-state index contributed by atoms with van der Waals surface area (Å²) in [6.07, 6.45) is 1.11. The number of rotatable bonds is 7. The Balaban J connectivity index is 2.89. The monoisotopic (exact) mass is 343 g/mol. The van der Waals surface area contributed by atoms with E-state index >= 15 is 0 Å². The summed E-state index contributed by atoms with van der Waals surface area (Å²) in [5.41, 5.74) is 1.63. The Morgan fingerprint density at radius 1 is 1.26 bits per heavy atom. The topological polar surface area (TPSA) is 110 Å². The van der Waals surface area contributed by atoms with E-state index in [9.17, 15) is 18.0 Å². The fraction of sp³-hybridized carbons (Fsp3) is 0.467. The van der Waals surface area contributed by atoms with Crippen LogP contribution < -0.4 is 10.1 Å². The number of carboxylic acids is 1. The molecule has 0 aliphatic carbocycles. The lowest BCUT2D eigenvalue weighted by Crippen LogP contribution is -2.37. The van der Waals surface area contributed by atoms with Crippen molar-refractivity contribution in [3.63, 3.8) is 0 Å². The zero-order chi connectivity index (χ0) is 17.8. The van der Waals surface area contributed by atoms with Gasteiger partial charge in [-0.05, 0) is 44.0 Å². The van der Waals surface area contributed by atoms with Gasteiger partial charge in [0, 0.05) is 17.9 Å². The Morgan fingerprint density at radius 2 is 1.78 bits per heavy atom. The number of aryl methyl sites for hydroxylation is 2. The molecule has 128 valence electrons. The van der Waals surface area contributed by atoms with Crippen molar-refractivity contribution >= 4 is 21.7 Å². The third-order valence-electron chi connectivity index (χ3n) is 2.99. The van der Waals surface area contributed by atoms with Crippen molar-refractivity contribution in [3.8, 4) is 5.75 Å². The second kappa shape index (κ2) is 7.45. The van der Waals surface area contributed by atoms with E-state index < -0.39 is 34.4 Å². The molecule has 0 aromatic heterocycles. The number of sulfone groups is 1. The van der Waals surface area contributed by atoms with Crippen LogP contribution in [-0.4, -0.2) is 50.1 Å². The molecule has 1 amide bonds. The number of carboxylic acid groups (broad SMARTS) is 1. The van der Waals surface area contributed by atoms with Gasteiger partial charge in [-0.25, -0.2) is 13.2 Å². The van der Waals surface area contributed by atoms with Gasteiger partial charge in [-0.1, -0.05) is 0 Å². The largest absolute Gasteiger partial charge is 0.481 e. The summed E-state index contributed by atoms with van der Waals surface area (Å²) in [7, 11) is -3.18. The number of carbonyl (C=O) groups excluding carboxylic acids is 1. The highest BCUT2D eigenvalue weighted by Crippen LogP contribution is 2.24. The van der Waals surface area contributed by atoms with Crippen LogP contribution in [0.2, 0.25) is 0 Å². The van der Waals surface area contributed by atoms with Gasteiger partial charge in [0.05, 0.1) is 5.75 Å². The van der Waals surface area contributed by atoms with Crippen molar-refractivity contribution in [3.05, 3.63) is 28.8 Å². The van der Waals surface area contributed by atoms with Crippen molar-refractivity contribution in [1.82, 2.24) is 5.32 Å². The summed E-state index contributed by atoms with van der Waals surface area (Å²) in [4.78, 5) is 22.7. The minimum absolute atomic E-state index is 0.142. The molecular formula is C15H21NO6S. The van der Waals surface area contributed by atoms with Crippen molar-refractivity contribution in [2.24, 2.45) is 0 Å². The maximum absolute atomic E-state index is 12.2. The molecule has 0 saturated carbocycles. The Morgan fingerprint density at radius 3 is 2.22 bits per heavy atom. The molecule has 1 atom stereocenters. The molecule has 1 unspecified atom stereocenters. The average molecular weight is 343 g/mol. The average Bonchev–Trinajstić information content (AvgIpc) is 2.34. The second-order valence-corrected chi connectivity index (χ2v) is 7.77. The Hall–Kier alpha value is -2.09. The molecule has 0 heterocycles. The zero-order valence-electron chi connectivity index (χ0n) is 13.5. The number of amides is 1. The van der Waals surface area contributed by atoms with Crippen LogP contribution in [0.5, 0.6) is 5.75 Å². The summed E-state index contributed by atoms with van der Waals surface area (Å²) >= 11 is 0. The van der Waals surface area contributed by atoms with Crippen molar-refractivity contribution in [2.75, 3.05) is 18.6 Å². The number of aliphatic carboxylic acids is 1. The summed E-state index contributed by atoms with van der Waals surface area (Å²) < 4.78 is 27.6. The summed E-state index contributed by atoms with van der Waals surface area (Å²) in [6, 6.07) is 2.64. The molecule has 0 radical (unpaired) electrons. The lowest BCUT2D eigenvalue weighted by molar-refractivity contribution is -0.139. The third kappa shape index (κ3) is 6.27. The summed E-state index contributed by atoms with van der Waals surface area (Å²) in [5, 5.41) is 11.3. The maximum atomic E-state index is 12.2. The van der Waals surface area contributed by atoms with Gasteiger partial charge < -0.3 is 15.2 Å². The van der Waals surface area contributed by atoms with E-state index in [4.69, 9.17) is 9.84 Å². The molecule has 1 rings (SSSR count). The van der Waals surface area contributed by atoms with Gasteiger partial charge in [-0.15, -0.1) is 0 Å². The van der Waals surface area contributed by atoms with Gasteiger partial charge in [0.1, 0.15) is 15.6 Å². The molecule has 0 fully saturated rings. The van der Waals surface area contributed by atoms with E-state index in [0.717, 1.165) is 6.26 Å². The maximum Gasteiger partial charge on any atom is 0.341 e. The molecule has 0 bridgehead atoms. The molecule has 0 aliphatic heterocycles. The lowest BCUT2D eigenvalue weighted by atomic mass is 10.0. The second-order valence-electron chi connectivity index (χ2n) is 5.59. The molecule has 1 aromatic rings. The molecular weight excluding hydrogens is 322 g/mol. The first-order chi connectivity index (χ1) is 10.5. The minimum Gasteiger partial charge on any atom is -0.481 e. The Bertz CT molecular complexity index is 688. The van der Waals surface area contributed by atoms with Crippen LogP contribution >= 0.6 is 0 Å². The van der Waals surface area contributed by atoms with Gasteiger partial charge in [-0.3, -0.25) is 4.79 Å². The Labute approximate surface area is 135 Å². The molecule has 1 aromatic carbocycles. The summed E-state index contributed by atoms with van der Waals surface area (Å²) in [5.74, 6) is -1.19. The van der Waals surface area contributed by atoms with Gasteiger partial charge >= 0.3 is 5.97 Å². The lowest BCUT2D eigenvalue weighted by Gasteiger charge is -2.15. The van der Waals surface area contributed by atoms with Crippen LogP contribution in [0.25, 0.3) is 0 Å². The van der Waals surface area contributed by atoms with Crippen molar-refractivity contribution in [2.45, 2.75) is 26.8 Å². The molecule has 0 aliphatic rings. The number of nitrogens with one attached hydrogen (secondary N) is 1. The number of benzene rings is 1. The fourth-order valence-corrected chi connectivity index (χ4v) is 3.24. The first-order valence-corrected chi connectivity index (χ1v) is 9.00. The number of hydrogen-bond donors (Lipinski definition) is 2. The Kier molecular flexibility index (Phi) is 6.14. The highest BCUT2D eigenvalue weighted by atomic mass is 32.2. The van der Waals surface area contributed by atoms with E-state index in [-0.39, 0.29) is 5.75 Å². The predicted molar refractivity (Wildman–Crippen MR) is 85.7 cm³/mol. The van der Waals surface area contributed by atoms with E-state index in [1.165, 1.54) is 0 Å². The van der Waals surface area contributed by atoms with E-state index in [0.29, 0.717) is 22.4 Å². The first-order valence-electron chi connectivity index (χ1n) is 6.94. The van der Waals surface area contributed by atoms with Gasteiger partial charge in [0.25, 0.3) is 5.91 Å². The van der Waals surface area contributed by atoms with E-state index in [1.54, 1.807) is 32.9 Å². The van der Waals surface area contributed by atoms with Gasteiger partial charge in [0.15, 0.2) is 6.61 Å². The zero-order valence-corrected chi connectivity index (χ0v) is 14.4. The number of hydrogen-bond acceptors (Lipinski definition) is 5. The molecule has 7 nitrogen and oxygen atoms in total. The van der Waals surface area contributed by atoms with Gasteiger partial charge in [-0.2, -0.15) is 0 Å². The molecule has 2 N–H and O–H groups in total. The first kappa shape index (κ1) is 19.0. The van der Waals surface area contributed by atoms with Crippen LogP contribution in [0.3, 0.4) is 0 Å². The third-order valence-corrected chi connectivity index (χ3v) is 4.10. The number of carbonyl (C=O) groups is 2. The minimum atomic E-state index is -3.18. The molecule has 8 heteroatoms. The molecule has 23 heavy (non-hydrogen) atoms. The van der Waals surface area contributed by atoms with Gasteiger partial charge in [0.2, 0.25) is 0 Å². The normalized spacial score (nSPS) is 12.5. The van der Waals surface area contributed by atoms with Crippen LogP contribution in [0.15, 0.2) is 12.1 Å². The van der Waals surface area contributed by atoms with Crippen molar-refractivity contribution < 1.29 is 27.9 Å².